The maximum Gasteiger partial charge on any atom is 0.340 e. The van der Waals surface area contributed by atoms with E-state index in [1.54, 1.807) is 18.2 Å². The Hall–Kier alpha value is -1.62. The van der Waals surface area contributed by atoms with E-state index in [0.29, 0.717) is 11.3 Å². The van der Waals surface area contributed by atoms with Crippen LogP contribution in [0, 0.1) is 5.82 Å². The number of carbonyl (C=O) groups excluding carboxylic acids is 2. The molecule has 0 atom stereocenters. The second-order valence-electron chi connectivity index (χ2n) is 3.41. The van der Waals surface area contributed by atoms with Gasteiger partial charge in [-0.25, -0.2) is 9.18 Å². The van der Waals surface area contributed by atoms with Gasteiger partial charge in [-0.2, -0.15) is 0 Å². The molecule has 3 nitrogen and oxygen atoms in total. The summed E-state index contributed by atoms with van der Waals surface area (Å²) in [5, 5.41) is 0.00318. The first-order chi connectivity index (χ1) is 8.56. The summed E-state index contributed by atoms with van der Waals surface area (Å²) in [4.78, 5) is 22.0. The Morgan fingerprint density at radius 1 is 1.44 bits per heavy atom. The summed E-state index contributed by atoms with van der Waals surface area (Å²) in [6.45, 7) is 1.47. The third kappa shape index (κ3) is 4.00. The number of benzene rings is 1. The smallest absolute Gasteiger partial charge is 0.340 e. The molecule has 0 aliphatic rings. The van der Waals surface area contributed by atoms with Crippen LogP contribution in [0.4, 0.5) is 4.39 Å². The van der Waals surface area contributed by atoms with Gasteiger partial charge in [0, 0.05) is 18.2 Å². The zero-order valence-corrected chi connectivity index (χ0v) is 10.9. The van der Waals surface area contributed by atoms with E-state index in [4.69, 9.17) is 0 Å². The summed E-state index contributed by atoms with van der Waals surface area (Å²) in [6.07, 6.45) is 3.21. The average molecular weight is 268 g/mol. The quantitative estimate of drug-likeness (QED) is 0.787. The fourth-order valence-corrected chi connectivity index (χ4v) is 1.71. The van der Waals surface area contributed by atoms with E-state index in [9.17, 15) is 14.0 Å². The molecule has 0 aromatic heterocycles. The van der Waals surface area contributed by atoms with Crippen molar-refractivity contribution in [3.63, 3.8) is 0 Å². The Morgan fingerprint density at radius 2 is 2.17 bits per heavy atom. The standard InChI is InChI=1S/C13H13FO3S/c1-9(15)18-8-4-6-10-5-3-7-11(12(10)14)13(16)17-2/h3-7H,8H2,1-2H3. The molecule has 1 aromatic carbocycles. The van der Waals surface area contributed by atoms with E-state index < -0.39 is 11.8 Å². The fraction of sp³-hybridized carbons (Fsp3) is 0.231. The third-order valence-corrected chi connectivity index (χ3v) is 2.88. The summed E-state index contributed by atoms with van der Waals surface area (Å²) >= 11 is 1.13. The minimum Gasteiger partial charge on any atom is -0.465 e. The second kappa shape index (κ2) is 6.96. The first kappa shape index (κ1) is 14.4. The molecule has 5 heteroatoms. The highest BCUT2D eigenvalue weighted by atomic mass is 32.2. The van der Waals surface area contributed by atoms with Crippen molar-refractivity contribution in [2.45, 2.75) is 6.92 Å². The van der Waals surface area contributed by atoms with Gasteiger partial charge in [0.2, 0.25) is 0 Å². The lowest BCUT2D eigenvalue weighted by Gasteiger charge is -2.03. The Bertz CT molecular complexity index is 483. The molecule has 0 spiro atoms. The van der Waals surface area contributed by atoms with Crippen LogP contribution in [-0.4, -0.2) is 23.9 Å². The molecule has 0 saturated carbocycles. The Balaban J connectivity index is 2.84. The molecule has 0 amide bonds. The normalized spacial score (nSPS) is 10.6. The van der Waals surface area contributed by atoms with E-state index in [1.807, 2.05) is 0 Å². The van der Waals surface area contributed by atoms with Gasteiger partial charge < -0.3 is 4.74 Å². The van der Waals surface area contributed by atoms with Gasteiger partial charge in [-0.15, -0.1) is 0 Å². The molecule has 0 unspecified atom stereocenters. The predicted molar refractivity (Wildman–Crippen MR) is 69.9 cm³/mol. The van der Waals surface area contributed by atoms with Gasteiger partial charge >= 0.3 is 5.97 Å². The molecule has 0 heterocycles. The van der Waals surface area contributed by atoms with Crippen LogP contribution in [-0.2, 0) is 9.53 Å². The second-order valence-corrected chi connectivity index (χ2v) is 4.60. The van der Waals surface area contributed by atoms with E-state index in [-0.39, 0.29) is 10.7 Å². The summed E-state index contributed by atoms with van der Waals surface area (Å²) < 4.78 is 18.3. The maximum absolute atomic E-state index is 13.9. The van der Waals surface area contributed by atoms with Crippen LogP contribution in [0.25, 0.3) is 6.08 Å². The highest BCUT2D eigenvalue weighted by Crippen LogP contribution is 2.16. The number of rotatable bonds is 4. The summed E-state index contributed by atoms with van der Waals surface area (Å²) in [7, 11) is 1.20. The van der Waals surface area contributed by atoms with Crippen LogP contribution < -0.4 is 0 Å². The average Bonchev–Trinajstić information content (AvgIpc) is 2.35. The Labute approximate surface area is 109 Å². The zero-order valence-electron chi connectivity index (χ0n) is 10.1. The molecule has 96 valence electrons. The highest BCUT2D eigenvalue weighted by Gasteiger charge is 2.13. The molecule has 0 fully saturated rings. The lowest BCUT2D eigenvalue weighted by atomic mass is 10.1. The van der Waals surface area contributed by atoms with Crippen molar-refractivity contribution in [2.75, 3.05) is 12.9 Å². The summed E-state index contributed by atoms with van der Waals surface area (Å²) in [5.41, 5.74) is 0.195. The first-order valence-corrected chi connectivity index (χ1v) is 6.21. The van der Waals surface area contributed by atoms with Crippen LogP contribution >= 0.6 is 11.8 Å². The van der Waals surface area contributed by atoms with E-state index in [1.165, 1.54) is 26.2 Å². The van der Waals surface area contributed by atoms with Crippen molar-refractivity contribution in [3.8, 4) is 0 Å². The van der Waals surface area contributed by atoms with Gasteiger partial charge in [0.15, 0.2) is 5.12 Å². The number of hydrogen-bond donors (Lipinski definition) is 0. The van der Waals surface area contributed by atoms with Gasteiger partial charge in [-0.1, -0.05) is 36.0 Å². The number of hydrogen-bond acceptors (Lipinski definition) is 4. The number of esters is 1. The topological polar surface area (TPSA) is 43.4 Å². The minimum absolute atomic E-state index is 0.00318. The number of methoxy groups -OCH3 is 1. The molecule has 0 bridgehead atoms. The van der Waals surface area contributed by atoms with Gasteiger partial charge in [0.1, 0.15) is 5.82 Å². The fourth-order valence-electron chi connectivity index (χ4n) is 1.29. The molecule has 0 aliphatic carbocycles. The number of thioether (sulfide) groups is 1. The molecule has 0 N–H and O–H groups in total. The minimum atomic E-state index is -0.708. The van der Waals surface area contributed by atoms with Crippen molar-refractivity contribution in [2.24, 2.45) is 0 Å². The first-order valence-electron chi connectivity index (χ1n) is 5.23. The third-order valence-electron chi connectivity index (χ3n) is 2.11. The van der Waals surface area contributed by atoms with E-state index in [0.717, 1.165) is 11.8 Å². The molecule has 0 saturated heterocycles. The van der Waals surface area contributed by atoms with Crippen LogP contribution in [0.1, 0.15) is 22.8 Å². The maximum atomic E-state index is 13.9. The summed E-state index contributed by atoms with van der Waals surface area (Å²) in [5.74, 6) is -0.855. The Morgan fingerprint density at radius 3 is 2.78 bits per heavy atom. The number of halogens is 1. The monoisotopic (exact) mass is 268 g/mol. The zero-order chi connectivity index (χ0) is 13.5. The van der Waals surface area contributed by atoms with Crippen LogP contribution in [0.5, 0.6) is 0 Å². The van der Waals surface area contributed by atoms with E-state index in [2.05, 4.69) is 4.74 Å². The van der Waals surface area contributed by atoms with E-state index >= 15 is 0 Å². The Kier molecular flexibility index (Phi) is 5.58. The lowest BCUT2D eigenvalue weighted by molar-refractivity contribution is -0.109. The van der Waals surface area contributed by atoms with Crippen LogP contribution in [0.2, 0.25) is 0 Å². The lowest BCUT2D eigenvalue weighted by Crippen LogP contribution is -2.05. The van der Waals surface area contributed by atoms with Crippen LogP contribution in [0.15, 0.2) is 24.3 Å². The van der Waals surface area contributed by atoms with Crippen molar-refractivity contribution in [3.05, 3.63) is 41.2 Å². The number of ether oxygens (including phenoxy) is 1. The molecule has 0 radical (unpaired) electrons. The SMILES string of the molecule is COC(=O)c1cccc(C=CCSC(C)=O)c1F. The number of carbonyl (C=O) groups is 2. The molecule has 1 aromatic rings. The highest BCUT2D eigenvalue weighted by molar-refractivity contribution is 8.13. The molecule has 0 aliphatic heterocycles. The van der Waals surface area contributed by atoms with Gasteiger partial charge in [0.05, 0.1) is 12.7 Å². The van der Waals surface area contributed by atoms with Crippen molar-refractivity contribution >= 4 is 28.9 Å². The van der Waals surface area contributed by atoms with Gasteiger partial charge in [-0.05, 0) is 6.07 Å². The van der Waals surface area contributed by atoms with Gasteiger partial charge in [0.25, 0.3) is 0 Å². The molecule has 1 rings (SSSR count). The van der Waals surface area contributed by atoms with Crippen molar-refractivity contribution < 1.29 is 18.7 Å². The summed E-state index contributed by atoms with van der Waals surface area (Å²) in [6, 6.07) is 4.49. The molecular formula is C13H13FO3S. The molecule has 18 heavy (non-hydrogen) atoms. The van der Waals surface area contributed by atoms with Gasteiger partial charge in [-0.3, -0.25) is 4.79 Å². The largest absolute Gasteiger partial charge is 0.465 e. The predicted octanol–water partition coefficient (Wildman–Crippen LogP) is 2.91. The van der Waals surface area contributed by atoms with Crippen molar-refractivity contribution in [1.29, 1.82) is 0 Å². The van der Waals surface area contributed by atoms with Crippen molar-refractivity contribution in [1.82, 2.24) is 0 Å². The molecular weight excluding hydrogens is 255 g/mol. The van der Waals surface area contributed by atoms with Crippen LogP contribution in [0.3, 0.4) is 0 Å².